The summed E-state index contributed by atoms with van der Waals surface area (Å²) in [4.78, 5) is 11.4. The topological polar surface area (TPSA) is 26.3 Å². The number of allylic oxidation sites excluding steroid dienone is 2. The quantitative estimate of drug-likeness (QED) is 0.338. The van der Waals surface area contributed by atoms with E-state index >= 15 is 0 Å². The number of carbonyl (C=O) groups excluding carboxylic acids is 1. The number of hydrogen-bond acceptors (Lipinski definition) is 2. The molecule has 2 nitrogen and oxygen atoms in total. The van der Waals surface area contributed by atoms with Gasteiger partial charge >= 0.3 is 5.97 Å². The molecule has 0 radical (unpaired) electrons. The fraction of sp³-hybridized carbons (Fsp3) is 0.722. The minimum atomic E-state index is -0.228. The first kappa shape index (κ1) is 12.7. The largest absolute Gasteiger partial charge is 0.462 e. The van der Waals surface area contributed by atoms with Crippen LogP contribution in [0.5, 0.6) is 0 Å². The summed E-state index contributed by atoms with van der Waals surface area (Å²) in [5.74, 6) is 6.19. The lowest BCUT2D eigenvalue weighted by Crippen LogP contribution is -2.31. The highest BCUT2D eigenvalue weighted by molar-refractivity contribution is 5.86. The van der Waals surface area contributed by atoms with E-state index in [4.69, 9.17) is 4.74 Å². The molecule has 3 saturated carbocycles. The molecule has 108 valence electrons. The number of carbonyl (C=O) groups is 1. The second kappa shape index (κ2) is 4.47. The van der Waals surface area contributed by atoms with Crippen molar-refractivity contribution in [3.63, 3.8) is 0 Å². The van der Waals surface area contributed by atoms with Gasteiger partial charge in [-0.2, -0.15) is 0 Å². The monoisotopic (exact) mass is 272 g/mol. The molecule has 0 aromatic rings. The summed E-state index contributed by atoms with van der Waals surface area (Å²) in [5, 5.41) is 0. The highest BCUT2D eigenvalue weighted by atomic mass is 16.5. The van der Waals surface area contributed by atoms with Crippen molar-refractivity contribution in [3.05, 3.63) is 24.3 Å². The van der Waals surface area contributed by atoms with Crippen molar-refractivity contribution in [1.82, 2.24) is 0 Å². The smallest absolute Gasteiger partial charge is 0.333 e. The molecule has 0 spiro atoms. The Morgan fingerprint density at radius 3 is 2.70 bits per heavy atom. The van der Waals surface area contributed by atoms with Crippen LogP contribution < -0.4 is 0 Å². The zero-order valence-corrected chi connectivity index (χ0v) is 12.3. The van der Waals surface area contributed by atoms with Crippen LogP contribution in [0.4, 0.5) is 0 Å². The van der Waals surface area contributed by atoms with E-state index in [1.54, 1.807) is 6.92 Å². The lowest BCUT2D eigenvalue weighted by Gasteiger charge is -2.36. The van der Waals surface area contributed by atoms with Gasteiger partial charge in [0.1, 0.15) is 0 Å². The second-order valence-corrected chi connectivity index (χ2v) is 7.46. The maximum atomic E-state index is 11.4. The third-order valence-electron chi connectivity index (χ3n) is 6.48. The van der Waals surface area contributed by atoms with Gasteiger partial charge in [0.15, 0.2) is 0 Å². The minimum absolute atomic E-state index is 0.228. The second-order valence-electron chi connectivity index (χ2n) is 7.46. The van der Waals surface area contributed by atoms with Crippen molar-refractivity contribution >= 4 is 5.97 Å². The molecule has 3 fully saturated rings. The Hall–Kier alpha value is -1.05. The third-order valence-corrected chi connectivity index (χ3v) is 6.48. The normalized spacial score (nSPS) is 46.8. The molecule has 20 heavy (non-hydrogen) atoms. The number of fused-ring (bicyclic) bond motifs is 9. The van der Waals surface area contributed by atoms with Crippen LogP contribution in [-0.4, -0.2) is 12.6 Å². The molecule has 7 atom stereocenters. The van der Waals surface area contributed by atoms with Crippen molar-refractivity contribution in [3.8, 4) is 0 Å². The molecular weight excluding hydrogens is 248 g/mol. The average molecular weight is 272 g/mol. The first-order chi connectivity index (χ1) is 9.65. The van der Waals surface area contributed by atoms with Gasteiger partial charge in [0, 0.05) is 5.57 Å². The van der Waals surface area contributed by atoms with Gasteiger partial charge in [-0.25, -0.2) is 4.79 Å². The molecule has 0 aromatic carbocycles. The minimum Gasteiger partial charge on any atom is -0.462 e. The molecule has 4 aliphatic rings. The van der Waals surface area contributed by atoms with Crippen LogP contribution in [0, 0.1) is 41.4 Å². The Kier molecular flexibility index (Phi) is 2.84. The lowest BCUT2D eigenvalue weighted by atomic mass is 9.69. The summed E-state index contributed by atoms with van der Waals surface area (Å²) < 4.78 is 5.29. The van der Waals surface area contributed by atoms with Crippen LogP contribution in [0.25, 0.3) is 0 Å². The fourth-order valence-corrected chi connectivity index (χ4v) is 5.91. The molecule has 2 heteroatoms. The summed E-state index contributed by atoms with van der Waals surface area (Å²) in [6.45, 7) is 5.93. The Bertz CT molecular complexity index is 478. The molecule has 4 aliphatic carbocycles. The summed E-state index contributed by atoms with van der Waals surface area (Å²) >= 11 is 0. The fourth-order valence-electron chi connectivity index (χ4n) is 5.91. The van der Waals surface area contributed by atoms with E-state index in [1.807, 2.05) is 0 Å². The molecule has 0 amide bonds. The average Bonchev–Trinajstić information content (AvgIpc) is 3.16. The molecule has 4 rings (SSSR count). The third kappa shape index (κ3) is 1.73. The molecule has 7 unspecified atom stereocenters. The van der Waals surface area contributed by atoms with Crippen molar-refractivity contribution in [2.75, 3.05) is 6.61 Å². The van der Waals surface area contributed by atoms with Gasteiger partial charge in [0.25, 0.3) is 0 Å². The maximum absolute atomic E-state index is 11.4. The predicted molar refractivity (Wildman–Crippen MR) is 77.8 cm³/mol. The molecule has 4 bridgehead atoms. The lowest BCUT2D eigenvalue weighted by molar-refractivity contribution is -0.139. The van der Waals surface area contributed by atoms with Gasteiger partial charge in [0.05, 0.1) is 6.61 Å². The van der Waals surface area contributed by atoms with Gasteiger partial charge in [-0.3, -0.25) is 0 Å². The van der Waals surface area contributed by atoms with Gasteiger partial charge in [-0.15, -0.1) is 0 Å². The Balaban J connectivity index is 1.36. The first-order valence-corrected chi connectivity index (χ1v) is 8.16. The zero-order valence-electron chi connectivity index (χ0n) is 12.3. The summed E-state index contributed by atoms with van der Waals surface area (Å²) in [5.41, 5.74) is 0.510. The van der Waals surface area contributed by atoms with E-state index in [1.165, 1.54) is 19.3 Å². The number of esters is 1. The van der Waals surface area contributed by atoms with E-state index in [0.717, 1.165) is 47.8 Å². The summed E-state index contributed by atoms with van der Waals surface area (Å²) in [6.07, 6.45) is 10.3. The van der Waals surface area contributed by atoms with E-state index in [2.05, 4.69) is 18.7 Å². The van der Waals surface area contributed by atoms with Gasteiger partial charge in [-0.1, -0.05) is 18.7 Å². The summed E-state index contributed by atoms with van der Waals surface area (Å²) in [7, 11) is 0. The molecular formula is C18H24O2. The van der Waals surface area contributed by atoms with Gasteiger partial charge < -0.3 is 4.74 Å². The first-order valence-electron chi connectivity index (χ1n) is 8.16. The van der Waals surface area contributed by atoms with Crippen LogP contribution in [0.2, 0.25) is 0 Å². The summed E-state index contributed by atoms with van der Waals surface area (Å²) in [6, 6.07) is 0. The highest BCUT2D eigenvalue weighted by Crippen LogP contribution is 2.67. The van der Waals surface area contributed by atoms with Crippen molar-refractivity contribution < 1.29 is 9.53 Å². The Morgan fingerprint density at radius 2 is 1.95 bits per heavy atom. The van der Waals surface area contributed by atoms with E-state index in [-0.39, 0.29) is 5.97 Å². The number of hydrogen-bond donors (Lipinski definition) is 0. The molecule has 0 saturated heterocycles. The van der Waals surface area contributed by atoms with Crippen LogP contribution in [-0.2, 0) is 9.53 Å². The van der Waals surface area contributed by atoms with Crippen molar-refractivity contribution in [1.29, 1.82) is 0 Å². The molecule has 0 aromatic heterocycles. The van der Waals surface area contributed by atoms with Crippen LogP contribution in [0.15, 0.2) is 24.3 Å². The van der Waals surface area contributed by atoms with Crippen LogP contribution in [0.1, 0.15) is 32.6 Å². The van der Waals surface area contributed by atoms with Crippen molar-refractivity contribution in [2.24, 2.45) is 41.4 Å². The Morgan fingerprint density at radius 1 is 1.20 bits per heavy atom. The Labute approximate surface area is 121 Å². The highest BCUT2D eigenvalue weighted by Gasteiger charge is 2.60. The predicted octanol–water partition coefficient (Wildman–Crippen LogP) is 3.59. The van der Waals surface area contributed by atoms with Crippen molar-refractivity contribution in [2.45, 2.75) is 32.6 Å². The van der Waals surface area contributed by atoms with Gasteiger partial charge in [0.2, 0.25) is 0 Å². The van der Waals surface area contributed by atoms with Gasteiger partial charge in [-0.05, 0) is 74.0 Å². The van der Waals surface area contributed by atoms with Crippen LogP contribution >= 0.6 is 0 Å². The number of rotatable bonds is 4. The zero-order chi connectivity index (χ0) is 13.9. The SMILES string of the molecule is C=C(C)C(=O)OCCC1CC2CC1C1C3C=CC(C3)C21. The maximum Gasteiger partial charge on any atom is 0.333 e. The van der Waals surface area contributed by atoms with Crippen LogP contribution in [0.3, 0.4) is 0 Å². The molecule has 0 N–H and O–H groups in total. The molecule has 0 aliphatic heterocycles. The van der Waals surface area contributed by atoms with E-state index in [9.17, 15) is 4.79 Å². The molecule has 0 heterocycles. The van der Waals surface area contributed by atoms with E-state index in [0.29, 0.717) is 12.2 Å². The number of ether oxygens (including phenoxy) is 1. The van der Waals surface area contributed by atoms with E-state index < -0.39 is 0 Å². The standard InChI is InChI=1S/C18H24O2/c1-10(2)18(19)20-6-5-11-7-14-9-15(11)17-13-4-3-12(8-13)16(14)17/h3-4,11-17H,1,5-9H2,2H3.